The molecule has 0 aliphatic carbocycles. The molecule has 0 radical (unpaired) electrons. The summed E-state index contributed by atoms with van der Waals surface area (Å²) >= 11 is 0. The van der Waals surface area contributed by atoms with E-state index in [1.54, 1.807) is 0 Å². The van der Waals surface area contributed by atoms with Gasteiger partial charge in [0.1, 0.15) is 5.82 Å². The van der Waals surface area contributed by atoms with Crippen molar-refractivity contribution in [2.75, 3.05) is 6.54 Å². The summed E-state index contributed by atoms with van der Waals surface area (Å²) in [5.41, 5.74) is 0.374. The third-order valence-corrected chi connectivity index (χ3v) is 3.11. The van der Waals surface area contributed by atoms with Gasteiger partial charge in [0.2, 0.25) is 0 Å². The Morgan fingerprint density at radius 2 is 1.65 bits per heavy atom. The van der Waals surface area contributed by atoms with Gasteiger partial charge in [0, 0.05) is 36.6 Å². The van der Waals surface area contributed by atoms with Gasteiger partial charge in [0.15, 0.2) is 0 Å². The summed E-state index contributed by atoms with van der Waals surface area (Å²) in [5, 5.41) is 0. The Labute approximate surface area is 106 Å². The zero-order valence-electron chi connectivity index (χ0n) is 12.4. The zero-order valence-corrected chi connectivity index (χ0v) is 12.4. The Bertz CT molecular complexity index is 338. The fraction of sp³-hybridized carbons (Fsp3) is 0.786. The lowest BCUT2D eigenvalue weighted by atomic mass is 9.96. The number of aryl methyl sites for hydroxylation is 1. The molecule has 0 saturated heterocycles. The lowest BCUT2D eigenvalue weighted by Gasteiger charge is -2.45. The molecule has 3 heteroatoms. The van der Waals surface area contributed by atoms with Crippen LogP contribution in [0.25, 0.3) is 0 Å². The molecule has 0 spiro atoms. The molecule has 0 bridgehead atoms. The second-order valence-corrected chi connectivity index (χ2v) is 6.66. The second kappa shape index (κ2) is 4.81. The Balaban J connectivity index is 2.73. The van der Waals surface area contributed by atoms with Crippen LogP contribution in [0.2, 0.25) is 0 Å². The first-order valence-electron chi connectivity index (χ1n) is 6.38. The maximum absolute atomic E-state index is 4.26. The van der Waals surface area contributed by atoms with E-state index in [-0.39, 0.29) is 11.1 Å². The second-order valence-electron chi connectivity index (χ2n) is 6.66. The van der Waals surface area contributed by atoms with Crippen LogP contribution in [0.4, 0.5) is 0 Å². The first-order valence-corrected chi connectivity index (χ1v) is 6.38. The molecule has 0 aromatic carbocycles. The van der Waals surface area contributed by atoms with Crippen molar-refractivity contribution in [3.05, 3.63) is 18.2 Å². The Hall–Kier alpha value is -0.830. The number of rotatable bonds is 3. The standard InChI is InChI=1S/C14H27N3/c1-12-15-8-9-16(12)10-11-17(13(2,3)4)14(5,6)7/h8-9H,10-11H2,1-7H3. The van der Waals surface area contributed by atoms with Crippen molar-refractivity contribution >= 4 is 0 Å². The van der Waals surface area contributed by atoms with E-state index in [0.717, 1.165) is 18.9 Å². The van der Waals surface area contributed by atoms with Gasteiger partial charge in [-0.05, 0) is 48.5 Å². The zero-order chi connectivity index (χ0) is 13.3. The number of nitrogens with zero attached hydrogens (tertiary/aromatic N) is 3. The van der Waals surface area contributed by atoms with E-state index in [4.69, 9.17) is 0 Å². The molecule has 0 amide bonds. The fourth-order valence-electron chi connectivity index (χ4n) is 2.52. The summed E-state index contributed by atoms with van der Waals surface area (Å²) in [7, 11) is 0. The Kier molecular flexibility index (Phi) is 4.03. The summed E-state index contributed by atoms with van der Waals surface area (Å²) < 4.78 is 2.21. The van der Waals surface area contributed by atoms with Crippen LogP contribution in [0.3, 0.4) is 0 Å². The van der Waals surface area contributed by atoms with E-state index < -0.39 is 0 Å². The molecule has 1 rings (SSSR count). The molecule has 0 fully saturated rings. The van der Waals surface area contributed by atoms with E-state index in [1.807, 2.05) is 6.20 Å². The molecule has 0 saturated carbocycles. The number of hydrogen-bond acceptors (Lipinski definition) is 2. The topological polar surface area (TPSA) is 21.1 Å². The SMILES string of the molecule is Cc1nccn1CCN(C(C)(C)C)C(C)(C)C. The van der Waals surface area contributed by atoms with Crippen LogP contribution in [0.5, 0.6) is 0 Å². The molecule has 0 aliphatic heterocycles. The highest BCUT2D eigenvalue weighted by Crippen LogP contribution is 2.24. The van der Waals surface area contributed by atoms with Crippen LogP contribution in [-0.2, 0) is 6.54 Å². The molecule has 1 aromatic heterocycles. The highest BCUT2D eigenvalue weighted by Gasteiger charge is 2.30. The van der Waals surface area contributed by atoms with Gasteiger partial charge in [-0.3, -0.25) is 4.90 Å². The van der Waals surface area contributed by atoms with Crippen molar-refractivity contribution in [2.24, 2.45) is 0 Å². The lowest BCUT2D eigenvalue weighted by Crippen LogP contribution is -2.53. The van der Waals surface area contributed by atoms with Crippen LogP contribution in [0.15, 0.2) is 12.4 Å². The molecule has 17 heavy (non-hydrogen) atoms. The van der Waals surface area contributed by atoms with Gasteiger partial charge in [-0.15, -0.1) is 0 Å². The highest BCUT2D eigenvalue weighted by atomic mass is 15.3. The van der Waals surface area contributed by atoms with Crippen LogP contribution >= 0.6 is 0 Å². The molecule has 1 heterocycles. The van der Waals surface area contributed by atoms with Gasteiger partial charge in [-0.25, -0.2) is 4.98 Å². The van der Waals surface area contributed by atoms with Crippen LogP contribution < -0.4 is 0 Å². The quantitative estimate of drug-likeness (QED) is 0.805. The van der Waals surface area contributed by atoms with E-state index >= 15 is 0 Å². The van der Waals surface area contributed by atoms with Crippen molar-refractivity contribution in [1.82, 2.24) is 14.5 Å². The minimum absolute atomic E-state index is 0.187. The van der Waals surface area contributed by atoms with Crippen molar-refractivity contribution in [1.29, 1.82) is 0 Å². The predicted molar refractivity (Wildman–Crippen MR) is 73.2 cm³/mol. The summed E-state index contributed by atoms with van der Waals surface area (Å²) in [5.74, 6) is 1.09. The van der Waals surface area contributed by atoms with Crippen molar-refractivity contribution in [2.45, 2.75) is 66.1 Å². The molecule has 3 nitrogen and oxygen atoms in total. The van der Waals surface area contributed by atoms with Crippen LogP contribution in [-0.4, -0.2) is 32.1 Å². The minimum atomic E-state index is 0.187. The largest absolute Gasteiger partial charge is 0.334 e. The van der Waals surface area contributed by atoms with E-state index in [9.17, 15) is 0 Å². The fourth-order valence-corrected chi connectivity index (χ4v) is 2.52. The third kappa shape index (κ3) is 3.84. The predicted octanol–water partition coefficient (Wildman–Crippen LogP) is 3.09. The number of imidazole rings is 1. The molecule has 0 atom stereocenters. The van der Waals surface area contributed by atoms with Crippen LogP contribution in [0.1, 0.15) is 47.4 Å². The molecule has 0 N–H and O–H groups in total. The molecule has 0 aliphatic rings. The first-order chi connectivity index (χ1) is 7.62. The molecular weight excluding hydrogens is 210 g/mol. The van der Waals surface area contributed by atoms with E-state index in [0.29, 0.717) is 0 Å². The van der Waals surface area contributed by atoms with Crippen molar-refractivity contribution in [3.8, 4) is 0 Å². The van der Waals surface area contributed by atoms with Gasteiger partial charge < -0.3 is 4.57 Å². The van der Waals surface area contributed by atoms with Gasteiger partial charge in [0.25, 0.3) is 0 Å². The van der Waals surface area contributed by atoms with Crippen molar-refractivity contribution < 1.29 is 0 Å². The van der Waals surface area contributed by atoms with Crippen molar-refractivity contribution in [3.63, 3.8) is 0 Å². The maximum atomic E-state index is 4.26. The summed E-state index contributed by atoms with van der Waals surface area (Å²) in [6.07, 6.45) is 3.92. The highest BCUT2D eigenvalue weighted by molar-refractivity contribution is 4.91. The van der Waals surface area contributed by atoms with Gasteiger partial charge in [-0.1, -0.05) is 0 Å². The average molecular weight is 237 g/mol. The Morgan fingerprint density at radius 1 is 1.12 bits per heavy atom. The molecule has 0 unspecified atom stereocenters. The third-order valence-electron chi connectivity index (χ3n) is 3.11. The van der Waals surface area contributed by atoms with E-state index in [1.165, 1.54) is 0 Å². The van der Waals surface area contributed by atoms with Gasteiger partial charge in [0.05, 0.1) is 0 Å². The lowest BCUT2D eigenvalue weighted by molar-refractivity contribution is 0.0348. The smallest absolute Gasteiger partial charge is 0.105 e. The molecule has 98 valence electrons. The number of hydrogen-bond donors (Lipinski definition) is 0. The monoisotopic (exact) mass is 237 g/mol. The number of aromatic nitrogens is 2. The summed E-state index contributed by atoms with van der Waals surface area (Å²) in [4.78, 5) is 6.80. The average Bonchev–Trinajstić information content (AvgIpc) is 2.47. The summed E-state index contributed by atoms with van der Waals surface area (Å²) in [6.45, 7) is 17.8. The maximum Gasteiger partial charge on any atom is 0.105 e. The summed E-state index contributed by atoms with van der Waals surface area (Å²) in [6, 6.07) is 0. The molecule has 1 aromatic rings. The first kappa shape index (κ1) is 14.2. The Morgan fingerprint density at radius 3 is 2.00 bits per heavy atom. The van der Waals surface area contributed by atoms with Gasteiger partial charge in [-0.2, -0.15) is 0 Å². The molecular formula is C14H27N3. The van der Waals surface area contributed by atoms with E-state index in [2.05, 4.69) is 69.1 Å². The van der Waals surface area contributed by atoms with Gasteiger partial charge >= 0.3 is 0 Å². The minimum Gasteiger partial charge on any atom is -0.334 e. The van der Waals surface area contributed by atoms with Crippen LogP contribution in [0, 0.1) is 6.92 Å². The normalized spacial score (nSPS) is 13.4.